The van der Waals surface area contributed by atoms with E-state index in [9.17, 15) is 4.79 Å². The number of hydrogen-bond acceptors (Lipinski definition) is 4. The van der Waals surface area contributed by atoms with Crippen LogP contribution in [0.5, 0.6) is 0 Å². The maximum Gasteiger partial charge on any atom is 0.242 e. The SMILES string of the molecule is CCN(CC)C1CCN(C(=O)C2COCCN2)C1. The zero-order chi connectivity index (χ0) is 13.0. The van der Waals surface area contributed by atoms with Gasteiger partial charge in [0.25, 0.3) is 0 Å². The van der Waals surface area contributed by atoms with Crippen molar-refractivity contribution in [2.45, 2.75) is 32.4 Å². The molecule has 2 saturated heterocycles. The van der Waals surface area contributed by atoms with E-state index in [0.717, 1.165) is 39.1 Å². The molecule has 0 aromatic carbocycles. The summed E-state index contributed by atoms with van der Waals surface area (Å²) in [5, 5.41) is 3.24. The first kappa shape index (κ1) is 13.8. The van der Waals surface area contributed by atoms with Crippen molar-refractivity contribution in [1.29, 1.82) is 0 Å². The maximum atomic E-state index is 12.3. The van der Waals surface area contributed by atoms with Crippen LogP contribution in [0.4, 0.5) is 0 Å². The maximum absolute atomic E-state index is 12.3. The second kappa shape index (κ2) is 6.50. The lowest BCUT2D eigenvalue weighted by molar-refractivity contribution is -0.135. The Bertz CT molecular complexity index is 275. The lowest BCUT2D eigenvalue weighted by Crippen LogP contribution is -2.52. The van der Waals surface area contributed by atoms with Crippen LogP contribution in [-0.2, 0) is 9.53 Å². The molecule has 1 amide bonds. The van der Waals surface area contributed by atoms with Crippen molar-refractivity contribution in [3.05, 3.63) is 0 Å². The standard InChI is InChI=1S/C13H25N3O2/c1-3-15(4-2)11-5-7-16(9-11)13(17)12-10-18-8-6-14-12/h11-12,14H,3-10H2,1-2H3. The van der Waals surface area contributed by atoms with Crippen LogP contribution >= 0.6 is 0 Å². The normalized spacial score (nSPS) is 28.9. The van der Waals surface area contributed by atoms with E-state index in [1.54, 1.807) is 0 Å². The molecule has 2 fully saturated rings. The topological polar surface area (TPSA) is 44.8 Å². The van der Waals surface area contributed by atoms with Gasteiger partial charge < -0.3 is 15.0 Å². The first-order valence-corrected chi connectivity index (χ1v) is 7.10. The first-order valence-electron chi connectivity index (χ1n) is 7.10. The summed E-state index contributed by atoms with van der Waals surface area (Å²) in [7, 11) is 0. The molecule has 2 aliphatic heterocycles. The van der Waals surface area contributed by atoms with Crippen molar-refractivity contribution in [1.82, 2.24) is 15.1 Å². The molecule has 0 saturated carbocycles. The third-order valence-corrected chi connectivity index (χ3v) is 4.02. The second-order valence-corrected chi connectivity index (χ2v) is 5.03. The Balaban J connectivity index is 1.85. The molecule has 2 unspecified atom stereocenters. The Hall–Kier alpha value is -0.650. The molecule has 0 radical (unpaired) electrons. The fourth-order valence-electron chi connectivity index (χ4n) is 2.92. The van der Waals surface area contributed by atoms with E-state index in [1.807, 2.05) is 4.90 Å². The molecule has 0 bridgehead atoms. The van der Waals surface area contributed by atoms with Crippen LogP contribution in [0.1, 0.15) is 20.3 Å². The first-order chi connectivity index (χ1) is 8.76. The van der Waals surface area contributed by atoms with Gasteiger partial charge in [-0.1, -0.05) is 13.8 Å². The van der Waals surface area contributed by atoms with E-state index in [4.69, 9.17) is 4.74 Å². The number of rotatable bonds is 4. The molecule has 2 heterocycles. The molecular weight excluding hydrogens is 230 g/mol. The van der Waals surface area contributed by atoms with Gasteiger partial charge in [0, 0.05) is 25.7 Å². The summed E-state index contributed by atoms with van der Waals surface area (Å²) in [6.07, 6.45) is 1.10. The molecule has 1 N–H and O–H groups in total. The number of nitrogens with one attached hydrogen (secondary N) is 1. The van der Waals surface area contributed by atoms with Crippen molar-refractivity contribution >= 4 is 5.91 Å². The van der Waals surface area contributed by atoms with Gasteiger partial charge in [0.05, 0.1) is 13.2 Å². The van der Waals surface area contributed by atoms with Crippen LogP contribution < -0.4 is 5.32 Å². The van der Waals surface area contributed by atoms with Crippen LogP contribution in [-0.4, -0.2) is 73.7 Å². The highest BCUT2D eigenvalue weighted by atomic mass is 16.5. The average molecular weight is 255 g/mol. The zero-order valence-corrected chi connectivity index (χ0v) is 11.5. The van der Waals surface area contributed by atoms with Crippen LogP contribution in [0.3, 0.4) is 0 Å². The summed E-state index contributed by atoms with van der Waals surface area (Å²) < 4.78 is 5.36. The minimum Gasteiger partial charge on any atom is -0.378 e. The van der Waals surface area contributed by atoms with Gasteiger partial charge in [0.15, 0.2) is 0 Å². The molecular formula is C13H25N3O2. The zero-order valence-electron chi connectivity index (χ0n) is 11.5. The quantitative estimate of drug-likeness (QED) is 0.763. The lowest BCUT2D eigenvalue weighted by Gasteiger charge is -2.29. The molecule has 0 aliphatic carbocycles. The van der Waals surface area contributed by atoms with E-state index >= 15 is 0 Å². The second-order valence-electron chi connectivity index (χ2n) is 5.03. The van der Waals surface area contributed by atoms with Gasteiger partial charge in [0.2, 0.25) is 5.91 Å². The number of nitrogens with zero attached hydrogens (tertiary/aromatic N) is 2. The van der Waals surface area contributed by atoms with Gasteiger partial charge in [-0.15, -0.1) is 0 Å². The van der Waals surface area contributed by atoms with Crippen LogP contribution in [0.2, 0.25) is 0 Å². The monoisotopic (exact) mass is 255 g/mol. The van der Waals surface area contributed by atoms with E-state index in [-0.39, 0.29) is 11.9 Å². The van der Waals surface area contributed by atoms with Crippen molar-refractivity contribution in [2.24, 2.45) is 0 Å². The van der Waals surface area contributed by atoms with E-state index in [2.05, 4.69) is 24.1 Å². The number of ether oxygens (including phenoxy) is 1. The molecule has 104 valence electrons. The molecule has 5 nitrogen and oxygen atoms in total. The van der Waals surface area contributed by atoms with Gasteiger partial charge in [-0.25, -0.2) is 0 Å². The van der Waals surface area contributed by atoms with Gasteiger partial charge >= 0.3 is 0 Å². The molecule has 5 heteroatoms. The summed E-state index contributed by atoms with van der Waals surface area (Å²) >= 11 is 0. The fourth-order valence-corrected chi connectivity index (χ4v) is 2.92. The fraction of sp³-hybridized carbons (Fsp3) is 0.923. The number of carbonyl (C=O) groups excluding carboxylic acids is 1. The Kier molecular flexibility index (Phi) is 4.97. The largest absolute Gasteiger partial charge is 0.378 e. The van der Waals surface area contributed by atoms with Crippen molar-refractivity contribution < 1.29 is 9.53 Å². The summed E-state index contributed by atoms with van der Waals surface area (Å²) in [6, 6.07) is 0.405. The summed E-state index contributed by atoms with van der Waals surface area (Å²) in [5.74, 6) is 0.212. The highest BCUT2D eigenvalue weighted by Gasteiger charge is 2.33. The number of likely N-dealkylation sites (tertiary alicyclic amines) is 1. The van der Waals surface area contributed by atoms with Crippen molar-refractivity contribution in [3.8, 4) is 0 Å². The number of likely N-dealkylation sites (N-methyl/N-ethyl adjacent to an activating group) is 1. The van der Waals surface area contributed by atoms with E-state index < -0.39 is 0 Å². The number of morpholine rings is 1. The van der Waals surface area contributed by atoms with E-state index in [0.29, 0.717) is 19.3 Å². The molecule has 0 aromatic heterocycles. The molecule has 0 spiro atoms. The van der Waals surface area contributed by atoms with Crippen LogP contribution in [0.15, 0.2) is 0 Å². The third-order valence-electron chi connectivity index (χ3n) is 4.02. The molecule has 2 aliphatic rings. The summed E-state index contributed by atoms with van der Waals surface area (Å²) in [5.41, 5.74) is 0. The highest BCUT2D eigenvalue weighted by molar-refractivity contribution is 5.82. The van der Waals surface area contributed by atoms with Gasteiger partial charge in [-0.05, 0) is 19.5 Å². The van der Waals surface area contributed by atoms with Gasteiger partial charge in [-0.2, -0.15) is 0 Å². The molecule has 18 heavy (non-hydrogen) atoms. The summed E-state index contributed by atoms with van der Waals surface area (Å²) in [4.78, 5) is 16.7. The van der Waals surface area contributed by atoms with Crippen LogP contribution in [0, 0.1) is 0 Å². The van der Waals surface area contributed by atoms with Gasteiger partial charge in [0.1, 0.15) is 6.04 Å². The van der Waals surface area contributed by atoms with Crippen molar-refractivity contribution in [2.75, 3.05) is 45.9 Å². The Labute approximate surface area is 109 Å². The minimum atomic E-state index is -0.130. The average Bonchev–Trinajstić information content (AvgIpc) is 2.90. The summed E-state index contributed by atoms with van der Waals surface area (Å²) in [6.45, 7) is 10.3. The van der Waals surface area contributed by atoms with Crippen LogP contribution in [0.25, 0.3) is 0 Å². The molecule has 0 aromatic rings. The predicted octanol–water partition coefficient (Wildman–Crippen LogP) is -0.0825. The predicted molar refractivity (Wildman–Crippen MR) is 70.5 cm³/mol. The Morgan fingerprint density at radius 3 is 2.83 bits per heavy atom. The Morgan fingerprint density at radius 1 is 1.44 bits per heavy atom. The highest BCUT2D eigenvalue weighted by Crippen LogP contribution is 2.16. The lowest BCUT2D eigenvalue weighted by atomic mass is 10.2. The van der Waals surface area contributed by atoms with Crippen molar-refractivity contribution in [3.63, 3.8) is 0 Å². The Morgan fingerprint density at radius 2 is 2.22 bits per heavy atom. The third kappa shape index (κ3) is 3.02. The number of amides is 1. The number of carbonyl (C=O) groups is 1. The van der Waals surface area contributed by atoms with E-state index in [1.165, 1.54) is 0 Å². The minimum absolute atomic E-state index is 0.130. The molecule has 2 atom stereocenters. The smallest absolute Gasteiger partial charge is 0.242 e. The molecule has 2 rings (SSSR count). The van der Waals surface area contributed by atoms with Gasteiger partial charge in [-0.3, -0.25) is 9.69 Å². The number of hydrogen-bond donors (Lipinski definition) is 1.